The molecule has 2 aromatic carbocycles. The van der Waals surface area contributed by atoms with Crippen LogP contribution in [0, 0.1) is 0 Å². The van der Waals surface area contributed by atoms with Crippen molar-refractivity contribution in [1.29, 1.82) is 0 Å². The molecule has 126 valence electrons. The number of fused-ring (bicyclic) bond motifs is 1. The monoisotopic (exact) mass is 342 g/mol. The molecular formula is C20H23ClN2O. The molecule has 3 nitrogen and oxygen atoms in total. The number of benzene rings is 2. The largest absolute Gasteiger partial charge is 0.396 e. The second-order valence-electron chi connectivity index (χ2n) is 6.03. The van der Waals surface area contributed by atoms with E-state index in [1.165, 1.54) is 22.0 Å². The van der Waals surface area contributed by atoms with E-state index in [2.05, 4.69) is 52.5 Å². The number of rotatable bonds is 8. The maximum Gasteiger partial charge on any atom is 0.0486 e. The number of halogens is 1. The Balaban J connectivity index is 1.77. The molecule has 2 N–H and O–H groups in total. The highest BCUT2D eigenvalue weighted by Gasteiger charge is 2.08. The summed E-state index contributed by atoms with van der Waals surface area (Å²) < 4.78 is 2.29. The summed E-state index contributed by atoms with van der Waals surface area (Å²) >= 11 is 5.98. The first-order valence-electron chi connectivity index (χ1n) is 8.40. The van der Waals surface area contributed by atoms with Gasteiger partial charge in [-0.3, -0.25) is 0 Å². The van der Waals surface area contributed by atoms with Crippen molar-refractivity contribution in [2.75, 3.05) is 13.2 Å². The average Bonchev–Trinajstić information content (AvgIpc) is 2.95. The van der Waals surface area contributed by atoms with Crippen molar-refractivity contribution in [3.8, 4) is 0 Å². The number of nitrogens with zero attached hydrogens (tertiary/aromatic N) is 1. The van der Waals surface area contributed by atoms with Crippen LogP contribution in [0.25, 0.3) is 10.9 Å². The van der Waals surface area contributed by atoms with Gasteiger partial charge >= 0.3 is 0 Å². The molecule has 1 heterocycles. The van der Waals surface area contributed by atoms with Crippen LogP contribution in [-0.2, 0) is 13.1 Å². The van der Waals surface area contributed by atoms with Gasteiger partial charge in [0.05, 0.1) is 0 Å². The Kier molecular flexibility index (Phi) is 5.91. The summed E-state index contributed by atoms with van der Waals surface area (Å²) in [5.74, 6) is 0. The standard InChI is InChI=1S/C20H23ClN2O/c21-18-9-7-16(8-10-18)14-23-15-17(13-22-11-3-4-12-24)19-5-1-2-6-20(19)23/h1-2,5-10,15,22,24H,3-4,11-14H2. The van der Waals surface area contributed by atoms with Gasteiger partial charge in [-0.05, 0) is 48.7 Å². The number of aromatic nitrogens is 1. The van der Waals surface area contributed by atoms with Crippen LogP contribution >= 0.6 is 11.6 Å². The Morgan fingerprint density at radius 1 is 1.00 bits per heavy atom. The molecule has 1 aromatic heterocycles. The molecule has 3 aromatic rings. The van der Waals surface area contributed by atoms with Gasteiger partial charge in [-0.2, -0.15) is 0 Å². The SMILES string of the molecule is OCCCCNCc1cn(Cc2ccc(Cl)cc2)c2ccccc12. The Morgan fingerprint density at radius 2 is 1.79 bits per heavy atom. The Hall–Kier alpha value is -1.81. The number of hydrogen-bond donors (Lipinski definition) is 2. The molecule has 0 spiro atoms. The van der Waals surface area contributed by atoms with Crippen molar-refractivity contribution >= 4 is 22.5 Å². The lowest BCUT2D eigenvalue weighted by Crippen LogP contribution is -2.14. The zero-order valence-electron chi connectivity index (χ0n) is 13.7. The van der Waals surface area contributed by atoms with E-state index in [1.807, 2.05) is 12.1 Å². The maximum absolute atomic E-state index is 8.85. The quantitative estimate of drug-likeness (QED) is 0.602. The molecule has 0 bridgehead atoms. The third-order valence-corrected chi connectivity index (χ3v) is 4.47. The molecule has 3 rings (SSSR count). The Bertz CT molecular complexity index is 780. The smallest absolute Gasteiger partial charge is 0.0486 e. The predicted molar refractivity (Wildman–Crippen MR) is 101 cm³/mol. The molecule has 0 aliphatic rings. The van der Waals surface area contributed by atoms with Crippen LogP contribution in [0.5, 0.6) is 0 Å². The summed E-state index contributed by atoms with van der Waals surface area (Å²) in [4.78, 5) is 0. The lowest BCUT2D eigenvalue weighted by molar-refractivity contribution is 0.283. The van der Waals surface area contributed by atoms with Gasteiger partial charge in [-0.15, -0.1) is 0 Å². The summed E-state index contributed by atoms with van der Waals surface area (Å²) in [6.45, 7) is 2.88. The molecule has 4 heteroatoms. The first-order chi connectivity index (χ1) is 11.8. The summed E-state index contributed by atoms with van der Waals surface area (Å²) in [6.07, 6.45) is 4.09. The van der Waals surface area contributed by atoms with Gasteiger partial charge in [-0.25, -0.2) is 0 Å². The Labute approximate surface area is 147 Å². The van der Waals surface area contributed by atoms with Crippen molar-refractivity contribution in [2.45, 2.75) is 25.9 Å². The molecular weight excluding hydrogens is 320 g/mol. The van der Waals surface area contributed by atoms with E-state index >= 15 is 0 Å². The number of nitrogens with one attached hydrogen (secondary N) is 1. The van der Waals surface area contributed by atoms with Crippen LogP contribution in [0.2, 0.25) is 5.02 Å². The lowest BCUT2D eigenvalue weighted by Gasteiger charge is -2.05. The highest BCUT2D eigenvalue weighted by Crippen LogP contribution is 2.23. The van der Waals surface area contributed by atoms with Gasteiger partial charge in [0.15, 0.2) is 0 Å². The fourth-order valence-corrected chi connectivity index (χ4v) is 3.09. The van der Waals surface area contributed by atoms with Crippen LogP contribution < -0.4 is 5.32 Å². The van der Waals surface area contributed by atoms with Crippen LogP contribution in [0.15, 0.2) is 54.7 Å². The zero-order valence-corrected chi connectivity index (χ0v) is 14.5. The molecule has 0 amide bonds. The highest BCUT2D eigenvalue weighted by molar-refractivity contribution is 6.30. The molecule has 0 atom stereocenters. The fourth-order valence-electron chi connectivity index (χ4n) is 2.97. The van der Waals surface area contributed by atoms with Crippen LogP contribution in [-0.4, -0.2) is 22.8 Å². The van der Waals surface area contributed by atoms with E-state index < -0.39 is 0 Å². The average molecular weight is 343 g/mol. The van der Waals surface area contributed by atoms with Crippen molar-refractivity contribution in [2.24, 2.45) is 0 Å². The summed E-state index contributed by atoms with van der Waals surface area (Å²) in [7, 11) is 0. The van der Waals surface area contributed by atoms with Crippen molar-refractivity contribution in [3.05, 3.63) is 70.9 Å². The minimum Gasteiger partial charge on any atom is -0.396 e. The van der Waals surface area contributed by atoms with Gasteiger partial charge in [0.25, 0.3) is 0 Å². The van der Waals surface area contributed by atoms with Crippen LogP contribution in [0.1, 0.15) is 24.0 Å². The Morgan fingerprint density at radius 3 is 2.58 bits per heavy atom. The van der Waals surface area contributed by atoms with E-state index in [9.17, 15) is 0 Å². The summed E-state index contributed by atoms with van der Waals surface area (Å²) in [5.41, 5.74) is 3.80. The molecule has 0 radical (unpaired) electrons. The molecule has 0 unspecified atom stereocenters. The third kappa shape index (κ3) is 4.18. The second kappa shape index (κ2) is 8.34. The second-order valence-corrected chi connectivity index (χ2v) is 6.47. The highest BCUT2D eigenvalue weighted by atomic mass is 35.5. The first kappa shape index (κ1) is 17.0. The summed E-state index contributed by atoms with van der Waals surface area (Å²) in [5, 5.41) is 14.4. The van der Waals surface area contributed by atoms with Gasteiger partial charge in [-0.1, -0.05) is 41.9 Å². The molecule has 0 aliphatic heterocycles. The van der Waals surface area contributed by atoms with E-state index in [0.717, 1.165) is 37.5 Å². The number of para-hydroxylation sites is 1. The third-order valence-electron chi connectivity index (χ3n) is 4.21. The lowest BCUT2D eigenvalue weighted by atomic mass is 10.2. The number of aliphatic hydroxyl groups is 1. The molecule has 24 heavy (non-hydrogen) atoms. The van der Waals surface area contributed by atoms with Crippen molar-refractivity contribution < 1.29 is 5.11 Å². The zero-order chi connectivity index (χ0) is 16.8. The fraction of sp³-hybridized carbons (Fsp3) is 0.300. The number of hydrogen-bond acceptors (Lipinski definition) is 2. The predicted octanol–water partition coefficient (Wildman–Crippen LogP) is 4.21. The topological polar surface area (TPSA) is 37.2 Å². The van der Waals surface area contributed by atoms with E-state index in [1.54, 1.807) is 0 Å². The molecule has 0 fully saturated rings. The van der Waals surface area contributed by atoms with Gasteiger partial charge in [0.1, 0.15) is 0 Å². The minimum absolute atomic E-state index is 0.266. The van der Waals surface area contributed by atoms with E-state index in [4.69, 9.17) is 16.7 Å². The van der Waals surface area contributed by atoms with Crippen molar-refractivity contribution in [1.82, 2.24) is 9.88 Å². The normalized spacial score (nSPS) is 11.2. The number of unbranched alkanes of at least 4 members (excludes halogenated alkanes) is 1. The summed E-state index contributed by atoms with van der Waals surface area (Å²) in [6, 6.07) is 16.5. The first-order valence-corrected chi connectivity index (χ1v) is 8.78. The van der Waals surface area contributed by atoms with Gasteiger partial charge in [0.2, 0.25) is 0 Å². The van der Waals surface area contributed by atoms with Crippen LogP contribution in [0.4, 0.5) is 0 Å². The van der Waals surface area contributed by atoms with E-state index in [0.29, 0.717) is 0 Å². The number of aliphatic hydroxyl groups excluding tert-OH is 1. The molecule has 0 saturated carbocycles. The van der Waals surface area contributed by atoms with E-state index in [-0.39, 0.29) is 6.61 Å². The minimum atomic E-state index is 0.266. The molecule has 0 saturated heterocycles. The van der Waals surface area contributed by atoms with Gasteiger partial charge in [0, 0.05) is 41.8 Å². The van der Waals surface area contributed by atoms with Crippen molar-refractivity contribution in [3.63, 3.8) is 0 Å². The maximum atomic E-state index is 8.85. The van der Waals surface area contributed by atoms with Crippen LogP contribution in [0.3, 0.4) is 0 Å². The molecule has 0 aliphatic carbocycles. The van der Waals surface area contributed by atoms with Gasteiger partial charge < -0.3 is 15.0 Å².